The average Bonchev–Trinajstić information content (AvgIpc) is 2.92. The highest BCUT2D eigenvalue weighted by molar-refractivity contribution is 5.27. The summed E-state index contributed by atoms with van der Waals surface area (Å²) in [6, 6.07) is 8.03. The highest BCUT2D eigenvalue weighted by Crippen LogP contribution is 2.37. The fourth-order valence-electron chi connectivity index (χ4n) is 1.56. The van der Waals surface area contributed by atoms with Crippen molar-refractivity contribution < 1.29 is 4.74 Å². The molecule has 1 aromatic carbocycles. The lowest BCUT2D eigenvalue weighted by Gasteiger charge is -2.05. The van der Waals surface area contributed by atoms with E-state index in [2.05, 4.69) is 6.92 Å². The number of hydrogen-bond acceptors (Lipinski definition) is 2. The van der Waals surface area contributed by atoms with Crippen LogP contribution in [0.5, 0.6) is 5.75 Å². The number of hydrogen-bond donors (Lipinski definition) is 1. The molecule has 1 aliphatic carbocycles. The third kappa shape index (κ3) is 2.26. The molecule has 2 heteroatoms. The van der Waals surface area contributed by atoms with E-state index >= 15 is 0 Å². The van der Waals surface area contributed by atoms with Gasteiger partial charge in [-0.15, -0.1) is 0 Å². The zero-order valence-electron chi connectivity index (χ0n) is 8.57. The molecular weight excluding hydrogens is 174 g/mol. The summed E-state index contributed by atoms with van der Waals surface area (Å²) in [5, 5.41) is 0. The molecule has 1 fully saturated rings. The molecule has 0 saturated heterocycles. The van der Waals surface area contributed by atoms with Crippen LogP contribution in [0.4, 0.5) is 0 Å². The summed E-state index contributed by atoms with van der Waals surface area (Å²) in [5.41, 5.74) is 6.66. The summed E-state index contributed by atoms with van der Waals surface area (Å²) in [7, 11) is 0. The van der Waals surface area contributed by atoms with E-state index in [1.165, 1.54) is 6.42 Å². The van der Waals surface area contributed by atoms with Crippen molar-refractivity contribution in [2.75, 3.05) is 6.61 Å². The molecule has 1 aromatic rings. The van der Waals surface area contributed by atoms with Crippen molar-refractivity contribution in [1.29, 1.82) is 0 Å². The molecule has 1 aliphatic rings. The Kier molecular flexibility index (Phi) is 2.73. The van der Waals surface area contributed by atoms with Gasteiger partial charge in [0.15, 0.2) is 0 Å². The van der Waals surface area contributed by atoms with E-state index < -0.39 is 0 Å². The first-order valence-electron chi connectivity index (χ1n) is 5.21. The van der Waals surface area contributed by atoms with Crippen LogP contribution in [0.15, 0.2) is 24.3 Å². The highest BCUT2D eigenvalue weighted by Gasteiger charge is 2.32. The van der Waals surface area contributed by atoms with Crippen LogP contribution in [0.1, 0.15) is 18.9 Å². The van der Waals surface area contributed by atoms with Gasteiger partial charge in [-0.05, 0) is 36.0 Å². The smallest absolute Gasteiger partial charge is 0.119 e. The largest absolute Gasteiger partial charge is 0.493 e. The van der Waals surface area contributed by atoms with Crippen LogP contribution < -0.4 is 10.5 Å². The van der Waals surface area contributed by atoms with Crippen molar-refractivity contribution in [1.82, 2.24) is 0 Å². The Balaban J connectivity index is 1.84. The van der Waals surface area contributed by atoms with Crippen LogP contribution in [-0.4, -0.2) is 6.61 Å². The average molecular weight is 191 g/mol. The molecule has 0 aromatic heterocycles. The molecule has 2 rings (SSSR count). The normalized spacial score (nSPS) is 24.7. The maximum Gasteiger partial charge on any atom is 0.119 e. The van der Waals surface area contributed by atoms with Gasteiger partial charge in [0, 0.05) is 6.54 Å². The minimum Gasteiger partial charge on any atom is -0.493 e. The van der Waals surface area contributed by atoms with Crippen LogP contribution >= 0.6 is 0 Å². The number of ether oxygens (including phenoxy) is 1. The molecule has 0 bridgehead atoms. The minimum atomic E-state index is 0.597. The Bertz CT molecular complexity index is 294. The zero-order valence-corrected chi connectivity index (χ0v) is 8.57. The van der Waals surface area contributed by atoms with Crippen LogP contribution in [0.3, 0.4) is 0 Å². The Morgan fingerprint density at radius 3 is 2.50 bits per heavy atom. The SMILES string of the molecule is C[C@H]1C[C@@H]1COc1ccc(CN)cc1. The second-order valence-electron chi connectivity index (χ2n) is 4.13. The quantitative estimate of drug-likeness (QED) is 0.791. The number of nitrogens with two attached hydrogens (primary N) is 1. The Morgan fingerprint density at radius 2 is 2.00 bits per heavy atom. The summed E-state index contributed by atoms with van der Waals surface area (Å²) in [5.74, 6) is 2.60. The van der Waals surface area contributed by atoms with Gasteiger partial charge < -0.3 is 10.5 Å². The molecule has 0 radical (unpaired) electrons. The van der Waals surface area contributed by atoms with E-state index in [0.29, 0.717) is 6.54 Å². The topological polar surface area (TPSA) is 35.2 Å². The molecule has 0 aliphatic heterocycles. The van der Waals surface area contributed by atoms with E-state index in [1.807, 2.05) is 24.3 Å². The van der Waals surface area contributed by atoms with E-state index in [1.54, 1.807) is 0 Å². The van der Waals surface area contributed by atoms with Crippen LogP contribution in [0.25, 0.3) is 0 Å². The third-order valence-corrected chi connectivity index (χ3v) is 2.90. The van der Waals surface area contributed by atoms with Crippen molar-refractivity contribution in [2.24, 2.45) is 17.6 Å². The van der Waals surface area contributed by atoms with Crippen molar-refractivity contribution >= 4 is 0 Å². The van der Waals surface area contributed by atoms with E-state index in [4.69, 9.17) is 10.5 Å². The monoisotopic (exact) mass is 191 g/mol. The van der Waals surface area contributed by atoms with Gasteiger partial charge in [0.2, 0.25) is 0 Å². The van der Waals surface area contributed by atoms with Gasteiger partial charge in [-0.25, -0.2) is 0 Å². The fourth-order valence-corrected chi connectivity index (χ4v) is 1.56. The molecule has 1 saturated carbocycles. The lowest BCUT2D eigenvalue weighted by molar-refractivity contribution is 0.293. The molecule has 0 amide bonds. The zero-order chi connectivity index (χ0) is 9.97. The van der Waals surface area contributed by atoms with Gasteiger partial charge in [-0.1, -0.05) is 19.1 Å². The standard InChI is InChI=1S/C12H17NO/c1-9-6-11(9)8-14-12-4-2-10(7-13)3-5-12/h2-5,9,11H,6-8,13H2,1H3/t9-,11+/m0/s1. The van der Waals surface area contributed by atoms with E-state index in [-0.39, 0.29) is 0 Å². The summed E-state index contributed by atoms with van der Waals surface area (Å²) >= 11 is 0. The predicted octanol–water partition coefficient (Wildman–Crippen LogP) is 2.18. The molecular formula is C12H17NO. The molecule has 2 N–H and O–H groups in total. The van der Waals surface area contributed by atoms with Crippen LogP contribution in [0, 0.1) is 11.8 Å². The Morgan fingerprint density at radius 1 is 1.36 bits per heavy atom. The third-order valence-electron chi connectivity index (χ3n) is 2.90. The molecule has 2 atom stereocenters. The minimum absolute atomic E-state index is 0.597. The Hall–Kier alpha value is -1.02. The number of benzene rings is 1. The van der Waals surface area contributed by atoms with Gasteiger partial charge in [0.1, 0.15) is 5.75 Å². The highest BCUT2D eigenvalue weighted by atomic mass is 16.5. The van der Waals surface area contributed by atoms with E-state index in [9.17, 15) is 0 Å². The van der Waals surface area contributed by atoms with Gasteiger partial charge in [-0.2, -0.15) is 0 Å². The van der Waals surface area contributed by atoms with Crippen LogP contribution in [-0.2, 0) is 6.54 Å². The number of rotatable bonds is 4. The molecule has 2 nitrogen and oxygen atoms in total. The Labute approximate surface area is 85.1 Å². The van der Waals surface area contributed by atoms with Gasteiger partial charge in [0.05, 0.1) is 6.61 Å². The molecule has 14 heavy (non-hydrogen) atoms. The molecule has 0 heterocycles. The summed E-state index contributed by atoms with van der Waals surface area (Å²) in [4.78, 5) is 0. The van der Waals surface area contributed by atoms with E-state index in [0.717, 1.165) is 29.8 Å². The summed E-state index contributed by atoms with van der Waals surface area (Å²) < 4.78 is 5.66. The van der Waals surface area contributed by atoms with Crippen molar-refractivity contribution in [3.63, 3.8) is 0 Å². The van der Waals surface area contributed by atoms with Crippen molar-refractivity contribution in [3.8, 4) is 5.75 Å². The van der Waals surface area contributed by atoms with Crippen molar-refractivity contribution in [2.45, 2.75) is 19.9 Å². The van der Waals surface area contributed by atoms with Crippen LogP contribution in [0.2, 0.25) is 0 Å². The maximum absolute atomic E-state index is 5.66. The predicted molar refractivity (Wildman–Crippen MR) is 57.1 cm³/mol. The first kappa shape index (κ1) is 9.53. The van der Waals surface area contributed by atoms with Crippen molar-refractivity contribution in [3.05, 3.63) is 29.8 Å². The maximum atomic E-state index is 5.66. The van der Waals surface area contributed by atoms with Gasteiger partial charge >= 0.3 is 0 Å². The fraction of sp³-hybridized carbons (Fsp3) is 0.500. The molecule has 76 valence electrons. The first-order valence-corrected chi connectivity index (χ1v) is 5.21. The summed E-state index contributed by atoms with van der Waals surface area (Å²) in [6.07, 6.45) is 1.32. The lowest BCUT2D eigenvalue weighted by Crippen LogP contribution is -2.01. The first-order chi connectivity index (χ1) is 6.79. The summed E-state index contributed by atoms with van der Waals surface area (Å²) in [6.45, 7) is 3.73. The molecule has 0 spiro atoms. The lowest BCUT2D eigenvalue weighted by atomic mass is 10.2. The van der Waals surface area contributed by atoms with Gasteiger partial charge in [0.25, 0.3) is 0 Å². The molecule has 0 unspecified atom stereocenters. The second-order valence-corrected chi connectivity index (χ2v) is 4.13. The van der Waals surface area contributed by atoms with Gasteiger partial charge in [-0.3, -0.25) is 0 Å². The second kappa shape index (κ2) is 4.01.